The predicted octanol–water partition coefficient (Wildman–Crippen LogP) is 7.15. The quantitative estimate of drug-likeness (QED) is 0.292. The van der Waals surface area contributed by atoms with Gasteiger partial charge in [0.05, 0.1) is 27.4 Å². The first-order valence-electron chi connectivity index (χ1n) is 13.0. The number of rotatable bonds is 9. The highest BCUT2D eigenvalue weighted by Gasteiger charge is 2.27. The Kier molecular flexibility index (Phi) is 8.55. The van der Waals surface area contributed by atoms with Crippen LogP contribution in [0.25, 0.3) is 11.1 Å². The van der Waals surface area contributed by atoms with Crippen molar-refractivity contribution in [2.24, 2.45) is 0 Å². The van der Waals surface area contributed by atoms with Gasteiger partial charge in [-0.1, -0.05) is 43.5 Å². The first kappa shape index (κ1) is 24.7. The molecule has 1 heterocycles. The van der Waals surface area contributed by atoms with E-state index >= 15 is 0 Å². The first-order chi connectivity index (χ1) is 16.7. The number of allylic oxidation sites excluding steroid dienone is 2. The van der Waals surface area contributed by atoms with Crippen molar-refractivity contribution < 1.29 is 14.2 Å². The summed E-state index contributed by atoms with van der Waals surface area (Å²) in [4.78, 5) is 2.42. The summed E-state index contributed by atoms with van der Waals surface area (Å²) in [5, 5.41) is 0. The molecule has 184 valence electrons. The second-order valence-corrected chi connectivity index (χ2v) is 9.68. The Bertz CT molecular complexity index is 991. The van der Waals surface area contributed by atoms with Crippen molar-refractivity contribution in [3.63, 3.8) is 0 Å². The fourth-order valence-electron chi connectivity index (χ4n) is 5.53. The number of morpholine rings is 1. The number of methoxy groups -OCH3 is 2. The molecule has 4 heteroatoms. The van der Waals surface area contributed by atoms with Gasteiger partial charge in [-0.3, -0.25) is 0 Å². The lowest BCUT2D eigenvalue weighted by molar-refractivity contribution is 0.122. The lowest BCUT2D eigenvalue weighted by atomic mass is 9.82. The van der Waals surface area contributed by atoms with Crippen molar-refractivity contribution in [2.75, 3.05) is 45.4 Å². The van der Waals surface area contributed by atoms with E-state index in [9.17, 15) is 0 Å². The van der Waals surface area contributed by atoms with Crippen LogP contribution in [0.5, 0.6) is 11.5 Å². The van der Waals surface area contributed by atoms with Crippen LogP contribution in [0.15, 0.2) is 42.0 Å². The van der Waals surface area contributed by atoms with Gasteiger partial charge in [0.2, 0.25) is 0 Å². The van der Waals surface area contributed by atoms with Gasteiger partial charge in [-0.25, -0.2) is 0 Å². The number of nitrogens with zero attached hydrogens (tertiary/aromatic N) is 1. The molecular weight excluding hydrogens is 422 g/mol. The largest absolute Gasteiger partial charge is 0.496 e. The zero-order valence-corrected chi connectivity index (χ0v) is 21.5. The second kappa shape index (κ2) is 11.8. The molecule has 1 saturated heterocycles. The molecule has 1 atom stereocenters. The Morgan fingerprint density at radius 1 is 1.06 bits per heavy atom. The minimum Gasteiger partial charge on any atom is -0.496 e. The molecule has 0 bridgehead atoms. The van der Waals surface area contributed by atoms with E-state index in [0.717, 1.165) is 50.6 Å². The van der Waals surface area contributed by atoms with E-state index in [2.05, 4.69) is 55.2 Å². The van der Waals surface area contributed by atoms with Crippen molar-refractivity contribution in [1.82, 2.24) is 0 Å². The van der Waals surface area contributed by atoms with Crippen LogP contribution in [0.3, 0.4) is 0 Å². The summed E-state index contributed by atoms with van der Waals surface area (Å²) in [5.41, 5.74) is 7.71. The van der Waals surface area contributed by atoms with Gasteiger partial charge in [-0.2, -0.15) is 0 Å². The Hall–Kier alpha value is -2.46. The predicted molar refractivity (Wildman–Crippen MR) is 142 cm³/mol. The maximum absolute atomic E-state index is 6.25. The normalized spacial score (nSPS) is 18.5. The number of hydrogen-bond acceptors (Lipinski definition) is 4. The maximum Gasteiger partial charge on any atom is 0.134 e. The molecule has 0 aromatic heterocycles. The molecule has 2 aliphatic rings. The maximum atomic E-state index is 6.25. The van der Waals surface area contributed by atoms with Gasteiger partial charge < -0.3 is 19.1 Å². The van der Waals surface area contributed by atoms with E-state index in [-0.39, 0.29) is 0 Å². The molecule has 0 N–H and O–H groups in total. The Balaban J connectivity index is 1.86. The zero-order valence-electron chi connectivity index (χ0n) is 21.5. The molecule has 1 unspecified atom stereocenters. The number of benzene rings is 2. The van der Waals surface area contributed by atoms with E-state index < -0.39 is 0 Å². The number of hydrogen-bond donors (Lipinski definition) is 0. The van der Waals surface area contributed by atoms with Crippen LogP contribution in [0.2, 0.25) is 0 Å². The minimum atomic E-state index is 0.324. The molecule has 4 nitrogen and oxygen atoms in total. The van der Waals surface area contributed by atoms with Gasteiger partial charge in [0, 0.05) is 35.8 Å². The summed E-state index contributed by atoms with van der Waals surface area (Å²) >= 11 is 0. The minimum absolute atomic E-state index is 0.324. The Morgan fingerprint density at radius 3 is 2.59 bits per heavy atom. The number of anilines is 1. The molecule has 34 heavy (non-hydrogen) atoms. The molecule has 0 saturated carbocycles. The summed E-state index contributed by atoms with van der Waals surface area (Å²) in [6.07, 6.45) is 10.6. The number of unbranched alkanes of at least 4 members (excludes halogenated alkanes) is 2. The van der Waals surface area contributed by atoms with Crippen molar-refractivity contribution in [3.05, 3.63) is 53.1 Å². The van der Waals surface area contributed by atoms with E-state index in [0.29, 0.717) is 5.92 Å². The Morgan fingerprint density at radius 2 is 1.88 bits per heavy atom. The lowest BCUT2D eigenvalue weighted by Gasteiger charge is -2.30. The van der Waals surface area contributed by atoms with Crippen LogP contribution in [0.4, 0.5) is 5.69 Å². The molecular formula is C30H41NO3. The van der Waals surface area contributed by atoms with Crippen LogP contribution < -0.4 is 14.4 Å². The highest BCUT2D eigenvalue weighted by molar-refractivity contribution is 5.80. The molecule has 4 rings (SSSR count). The summed E-state index contributed by atoms with van der Waals surface area (Å²) < 4.78 is 17.8. The van der Waals surface area contributed by atoms with E-state index in [1.54, 1.807) is 7.11 Å². The van der Waals surface area contributed by atoms with Crippen LogP contribution in [-0.4, -0.2) is 40.5 Å². The lowest BCUT2D eigenvalue weighted by Crippen LogP contribution is -2.36. The molecule has 0 spiro atoms. The molecule has 0 amide bonds. The molecule has 1 fully saturated rings. The third-order valence-electron chi connectivity index (χ3n) is 7.29. The Labute approximate surface area is 205 Å². The average molecular weight is 464 g/mol. The SMILES string of the molecule is CCCCCc1cc(OC)c(C2C=C(C)CCC2)c(OC)c1-c1cccc(N2CCOCC2)c1. The third kappa shape index (κ3) is 5.43. The fourth-order valence-corrected chi connectivity index (χ4v) is 5.53. The van der Waals surface area contributed by atoms with Crippen LogP contribution in [0.1, 0.15) is 69.4 Å². The number of aryl methyl sites for hydroxylation is 1. The van der Waals surface area contributed by atoms with Gasteiger partial charge in [-0.05, 0) is 68.4 Å². The van der Waals surface area contributed by atoms with E-state index in [4.69, 9.17) is 14.2 Å². The average Bonchev–Trinajstić information content (AvgIpc) is 2.88. The summed E-state index contributed by atoms with van der Waals surface area (Å²) in [5.74, 6) is 2.28. The van der Waals surface area contributed by atoms with Gasteiger partial charge in [0.1, 0.15) is 11.5 Å². The van der Waals surface area contributed by atoms with E-state index in [1.165, 1.54) is 65.6 Å². The van der Waals surface area contributed by atoms with E-state index in [1.807, 2.05) is 7.11 Å². The summed E-state index contributed by atoms with van der Waals surface area (Å²) in [6, 6.07) is 11.3. The molecule has 1 aliphatic heterocycles. The monoisotopic (exact) mass is 463 g/mol. The molecule has 2 aromatic carbocycles. The molecule has 2 aromatic rings. The highest BCUT2D eigenvalue weighted by Crippen LogP contribution is 2.48. The van der Waals surface area contributed by atoms with Gasteiger partial charge in [-0.15, -0.1) is 0 Å². The van der Waals surface area contributed by atoms with Crippen molar-refractivity contribution >= 4 is 5.69 Å². The molecule has 1 aliphatic carbocycles. The third-order valence-corrected chi connectivity index (χ3v) is 7.29. The smallest absolute Gasteiger partial charge is 0.134 e. The van der Waals surface area contributed by atoms with Crippen LogP contribution >= 0.6 is 0 Å². The van der Waals surface area contributed by atoms with Gasteiger partial charge >= 0.3 is 0 Å². The number of ether oxygens (including phenoxy) is 3. The van der Waals surface area contributed by atoms with Crippen LogP contribution in [0, 0.1) is 0 Å². The van der Waals surface area contributed by atoms with Crippen molar-refractivity contribution in [2.45, 2.75) is 64.7 Å². The summed E-state index contributed by atoms with van der Waals surface area (Å²) in [6.45, 7) is 7.95. The summed E-state index contributed by atoms with van der Waals surface area (Å²) in [7, 11) is 3.62. The zero-order chi connectivity index (χ0) is 23.9. The van der Waals surface area contributed by atoms with Crippen molar-refractivity contribution in [1.29, 1.82) is 0 Å². The highest BCUT2D eigenvalue weighted by atomic mass is 16.5. The van der Waals surface area contributed by atoms with Gasteiger partial charge in [0.25, 0.3) is 0 Å². The first-order valence-corrected chi connectivity index (χ1v) is 13.0. The second-order valence-electron chi connectivity index (χ2n) is 9.68. The van der Waals surface area contributed by atoms with Crippen molar-refractivity contribution in [3.8, 4) is 22.6 Å². The fraction of sp³-hybridized carbons (Fsp3) is 0.533. The van der Waals surface area contributed by atoms with Crippen LogP contribution in [-0.2, 0) is 11.2 Å². The standard InChI is InChI=1S/C30H41NO3/c1-5-6-7-11-25-21-27(32-3)29(23-12-8-10-22(2)19-23)30(33-4)28(25)24-13-9-14-26(20-24)31-15-17-34-18-16-31/h9,13-14,19-21,23H,5-8,10-12,15-18H2,1-4H3. The van der Waals surface area contributed by atoms with Gasteiger partial charge in [0.15, 0.2) is 0 Å². The molecule has 0 radical (unpaired) electrons. The topological polar surface area (TPSA) is 30.9 Å².